The maximum Gasteiger partial charge on any atom is 0.404 e. The Kier molecular flexibility index (Phi) is 5.25. The summed E-state index contributed by atoms with van der Waals surface area (Å²) in [5.74, 6) is 0.699. The van der Waals surface area contributed by atoms with Crippen LogP contribution in [0.3, 0.4) is 0 Å². The fourth-order valence-electron chi connectivity index (χ4n) is 2.81. The van der Waals surface area contributed by atoms with Crippen molar-refractivity contribution in [3.63, 3.8) is 0 Å². The van der Waals surface area contributed by atoms with Crippen molar-refractivity contribution in [1.82, 2.24) is 5.32 Å². The van der Waals surface area contributed by atoms with E-state index >= 15 is 0 Å². The summed E-state index contributed by atoms with van der Waals surface area (Å²) in [4.78, 5) is 10.4. The summed E-state index contributed by atoms with van der Waals surface area (Å²) in [5, 5.41) is 3.50. The molecule has 4 heteroatoms. The fourth-order valence-corrected chi connectivity index (χ4v) is 2.81. The highest BCUT2D eigenvalue weighted by Crippen LogP contribution is 2.37. The lowest BCUT2D eigenvalue weighted by atomic mass is 9.69. The Labute approximate surface area is 104 Å². The summed E-state index contributed by atoms with van der Waals surface area (Å²) in [5.41, 5.74) is 5.26. The third-order valence-electron chi connectivity index (χ3n) is 3.63. The fraction of sp³-hybridized carbons (Fsp3) is 0.923. The maximum atomic E-state index is 10.4. The standard InChI is InChI=1S/C13H26N2O2/c1-13(2,3)10-6-4-5-7-11(10)15-8-9-17-12(14)16/h10-11,15H,4-9H2,1-3H3,(H2,14,16). The molecule has 0 saturated heterocycles. The van der Waals surface area contributed by atoms with Crippen LogP contribution >= 0.6 is 0 Å². The zero-order chi connectivity index (χ0) is 12.9. The monoisotopic (exact) mass is 242 g/mol. The van der Waals surface area contributed by atoms with Crippen molar-refractivity contribution in [3.05, 3.63) is 0 Å². The minimum Gasteiger partial charge on any atom is -0.448 e. The number of ether oxygens (including phenoxy) is 1. The molecule has 1 fully saturated rings. The van der Waals surface area contributed by atoms with E-state index in [4.69, 9.17) is 10.5 Å². The van der Waals surface area contributed by atoms with Crippen LogP contribution in [0.25, 0.3) is 0 Å². The Morgan fingerprint density at radius 3 is 2.59 bits per heavy atom. The van der Waals surface area contributed by atoms with Crippen LogP contribution in [0.1, 0.15) is 46.5 Å². The zero-order valence-electron chi connectivity index (χ0n) is 11.3. The summed E-state index contributed by atoms with van der Waals surface area (Å²) in [6, 6.07) is 0.542. The second kappa shape index (κ2) is 6.24. The molecule has 1 rings (SSSR count). The number of carbonyl (C=O) groups is 1. The lowest BCUT2D eigenvalue weighted by Gasteiger charge is -2.41. The molecule has 2 atom stereocenters. The summed E-state index contributed by atoms with van der Waals surface area (Å²) >= 11 is 0. The normalized spacial score (nSPS) is 25.6. The average molecular weight is 242 g/mol. The molecule has 100 valence electrons. The molecule has 0 aromatic carbocycles. The molecule has 1 aliphatic rings. The van der Waals surface area contributed by atoms with Gasteiger partial charge in [-0.25, -0.2) is 4.79 Å². The lowest BCUT2D eigenvalue weighted by molar-refractivity contribution is 0.119. The van der Waals surface area contributed by atoms with Crippen molar-refractivity contribution < 1.29 is 9.53 Å². The molecule has 0 heterocycles. The van der Waals surface area contributed by atoms with E-state index in [0.717, 1.165) is 0 Å². The first kappa shape index (κ1) is 14.3. The van der Waals surface area contributed by atoms with Crippen LogP contribution in [0.15, 0.2) is 0 Å². The maximum absolute atomic E-state index is 10.4. The quantitative estimate of drug-likeness (QED) is 0.743. The van der Waals surface area contributed by atoms with Crippen molar-refractivity contribution in [1.29, 1.82) is 0 Å². The van der Waals surface area contributed by atoms with E-state index in [0.29, 0.717) is 30.5 Å². The van der Waals surface area contributed by atoms with Crippen LogP contribution in [0.4, 0.5) is 4.79 Å². The topological polar surface area (TPSA) is 64.3 Å². The van der Waals surface area contributed by atoms with E-state index < -0.39 is 6.09 Å². The third-order valence-corrected chi connectivity index (χ3v) is 3.63. The first-order valence-corrected chi connectivity index (χ1v) is 6.57. The van der Waals surface area contributed by atoms with Crippen molar-refractivity contribution in [2.45, 2.75) is 52.5 Å². The van der Waals surface area contributed by atoms with Gasteiger partial charge < -0.3 is 15.8 Å². The first-order chi connectivity index (χ1) is 7.91. The second-order valence-electron chi connectivity index (χ2n) is 5.99. The van der Waals surface area contributed by atoms with Gasteiger partial charge in [0.2, 0.25) is 0 Å². The minimum atomic E-state index is -0.692. The molecule has 1 aliphatic carbocycles. The highest BCUT2D eigenvalue weighted by molar-refractivity contribution is 5.64. The number of nitrogens with one attached hydrogen (secondary N) is 1. The largest absolute Gasteiger partial charge is 0.448 e. The number of amides is 1. The molecular formula is C13H26N2O2. The number of carbonyl (C=O) groups excluding carboxylic acids is 1. The van der Waals surface area contributed by atoms with Crippen LogP contribution in [0.5, 0.6) is 0 Å². The average Bonchev–Trinajstić information content (AvgIpc) is 2.23. The van der Waals surface area contributed by atoms with E-state index in [-0.39, 0.29) is 0 Å². The molecule has 0 aliphatic heterocycles. The number of rotatable bonds is 4. The molecule has 2 unspecified atom stereocenters. The highest BCUT2D eigenvalue weighted by Gasteiger charge is 2.33. The van der Waals surface area contributed by atoms with Gasteiger partial charge in [0.05, 0.1) is 0 Å². The Balaban J connectivity index is 2.35. The molecule has 0 spiro atoms. The van der Waals surface area contributed by atoms with Crippen molar-refractivity contribution >= 4 is 6.09 Å². The Morgan fingerprint density at radius 1 is 1.35 bits per heavy atom. The first-order valence-electron chi connectivity index (χ1n) is 6.57. The summed E-state index contributed by atoms with van der Waals surface area (Å²) < 4.78 is 4.73. The van der Waals surface area contributed by atoms with E-state index in [2.05, 4.69) is 26.1 Å². The molecule has 0 radical (unpaired) electrons. The van der Waals surface area contributed by atoms with Crippen molar-refractivity contribution in [3.8, 4) is 0 Å². The van der Waals surface area contributed by atoms with Crippen LogP contribution in [0.2, 0.25) is 0 Å². The van der Waals surface area contributed by atoms with Gasteiger partial charge in [-0.2, -0.15) is 0 Å². The van der Waals surface area contributed by atoms with Gasteiger partial charge in [0, 0.05) is 12.6 Å². The van der Waals surface area contributed by atoms with Crippen LogP contribution < -0.4 is 11.1 Å². The minimum absolute atomic E-state index is 0.336. The molecule has 17 heavy (non-hydrogen) atoms. The van der Waals surface area contributed by atoms with Gasteiger partial charge in [0.25, 0.3) is 0 Å². The number of hydrogen-bond donors (Lipinski definition) is 2. The van der Waals surface area contributed by atoms with E-state index in [1.807, 2.05) is 0 Å². The van der Waals surface area contributed by atoms with Crippen molar-refractivity contribution in [2.24, 2.45) is 17.1 Å². The Bertz CT molecular complexity index is 248. The van der Waals surface area contributed by atoms with E-state index in [1.54, 1.807) is 0 Å². The number of hydrogen-bond acceptors (Lipinski definition) is 3. The third kappa shape index (κ3) is 4.94. The smallest absolute Gasteiger partial charge is 0.404 e. The van der Waals surface area contributed by atoms with Gasteiger partial charge in [-0.1, -0.05) is 33.6 Å². The van der Waals surface area contributed by atoms with Crippen molar-refractivity contribution in [2.75, 3.05) is 13.2 Å². The molecule has 1 amide bonds. The van der Waals surface area contributed by atoms with Crippen LogP contribution in [-0.2, 0) is 4.74 Å². The highest BCUT2D eigenvalue weighted by atomic mass is 16.5. The molecular weight excluding hydrogens is 216 g/mol. The van der Waals surface area contributed by atoms with Crippen LogP contribution in [-0.4, -0.2) is 25.3 Å². The summed E-state index contributed by atoms with van der Waals surface area (Å²) in [7, 11) is 0. The van der Waals surface area contributed by atoms with Crippen LogP contribution in [0, 0.1) is 11.3 Å². The summed E-state index contributed by atoms with van der Waals surface area (Å²) in [6.45, 7) is 7.97. The summed E-state index contributed by atoms with van der Waals surface area (Å²) in [6.07, 6.45) is 4.44. The molecule has 0 bridgehead atoms. The van der Waals surface area contributed by atoms with Gasteiger partial charge in [0.15, 0.2) is 0 Å². The van der Waals surface area contributed by atoms with Gasteiger partial charge in [-0.3, -0.25) is 0 Å². The molecule has 0 aromatic rings. The number of nitrogens with two attached hydrogens (primary N) is 1. The second-order valence-corrected chi connectivity index (χ2v) is 5.99. The van der Waals surface area contributed by atoms with E-state index in [9.17, 15) is 4.79 Å². The molecule has 4 nitrogen and oxygen atoms in total. The molecule has 0 aromatic heterocycles. The van der Waals surface area contributed by atoms with Gasteiger partial charge in [0.1, 0.15) is 6.61 Å². The van der Waals surface area contributed by atoms with E-state index in [1.165, 1.54) is 25.7 Å². The lowest BCUT2D eigenvalue weighted by Crippen LogP contribution is -2.45. The predicted molar refractivity (Wildman–Crippen MR) is 68.7 cm³/mol. The number of primary amides is 1. The Hall–Kier alpha value is -0.770. The van der Waals surface area contributed by atoms with Gasteiger partial charge in [-0.05, 0) is 24.2 Å². The zero-order valence-corrected chi connectivity index (χ0v) is 11.3. The van der Waals surface area contributed by atoms with Gasteiger partial charge in [-0.15, -0.1) is 0 Å². The molecule has 1 saturated carbocycles. The Morgan fingerprint density at radius 2 is 2.00 bits per heavy atom. The SMILES string of the molecule is CC(C)(C)C1CCCCC1NCCOC(N)=O. The molecule has 3 N–H and O–H groups in total. The van der Waals surface area contributed by atoms with Gasteiger partial charge >= 0.3 is 6.09 Å². The predicted octanol–water partition coefficient (Wildman–Crippen LogP) is 2.28.